The molecule has 5 heteroatoms. The van der Waals surface area contributed by atoms with E-state index in [1.807, 2.05) is 18.2 Å². The second kappa shape index (κ2) is 7.62. The summed E-state index contributed by atoms with van der Waals surface area (Å²) < 4.78 is 1.02. The first-order valence-electron chi connectivity index (χ1n) is 9.16. The predicted octanol–water partition coefficient (Wildman–Crippen LogP) is 5.09. The maximum atomic E-state index is 12.2. The molecule has 0 fully saturated rings. The minimum atomic E-state index is -0.199. The van der Waals surface area contributed by atoms with Crippen molar-refractivity contribution in [1.82, 2.24) is 5.43 Å². The number of halogens is 1. The second-order valence-corrected chi connectivity index (χ2v) is 9.20. The third-order valence-electron chi connectivity index (χ3n) is 5.48. The minimum Gasteiger partial charge on any atom is -0.369 e. The summed E-state index contributed by atoms with van der Waals surface area (Å²) >= 11 is 2.19. The van der Waals surface area contributed by atoms with Crippen molar-refractivity contribution in [2.75, 3.05) is 11.9 Å². The first kappa shape index (κ1) is 19.9. The Morgan fingerprint density at radius 1 is 1.33 bits per heavy atom. The van der Waals surface area contributed by atoms with E-state index in [-0.39, 0.29) is 11.4 Å². The lowest BCUT2D eigenvalue weighted by Gasteiger charge is -2.45. The molecule has 2 aromatic rings. The summed E-state index contributed by atoms with van der Waals surface area (Å²) in [5, 5.41) is 4.19. The number of amides is 1. The molecule has 0 radical (unpaired) electrons. The normalized spacial score (nSPS) is 18.4. The highest BCUT2D eigenvalue weighted by Crippen LogP contribution is 2.43. The average Bonchev–Trinajstić information content (AvgIpc) is 2.60. The van der Waals surface area contributed by atoms with E-state index in [1.165, 1.54) is 11.3 Å². The van der Waals surface area contributed by atoms with Gasteiger partial charge in [0.1, 0.15) is 0 Å². The van der Waals surface area contributed by atoms with E-state index in [1.54, 1.807) is 12.3 Å². The lowest BCUT2D eigenvalue weighted by Crippen LogP contribution is -2.45. The fourth-order valence-electron chi connectivity index (χ4n) is 3.73. The van der Waals surface area contributed by atoms with E-state index in [0.717, 1.165) is 21.1 Å². The van der Waals surface area contributed by atoms with Crippen LogP contribution in [0.25, 0.3) is 0 Å². The van der Waals surface area contributed by atoms with Gasteiger partial charge in [0.05, 0.1) is 6.21 Å². The van der Waals surface area contributed by atoms with Gasteiger partial charge in [-0.3, -0.25) is 4.79 Å². The van der Waals surface area contributed by atoms with Crippen LogP contribution in [0.3, 0.4) is 0 Å². The molecular formula is C22H26IN3O. The summed E-state index contributed by atoms with van der Waals surface area (Å²) in [6.07, 6.45) is 2.85. The number of anilines is 1. The highest BCUT2D eigenvalue weighted by atomic mass is 127. The molecule has 1 atom stereocenters. The van der Waals surface area contributed by atoms with Crippen LogP contribution in [0.5, 0.6) is 0 Å². The van der Waals surface area contributed by atoms with Crippen LogP contribution < -0.4 is 10.3 Å². The van der Waals surface area contributed by atoms with Gasteiger partial charge in [-0.05, 0) is 103 Å². The molecule has 0 spiro atoms. The largest absolute Gasteiger partial charge is 0.369 e. The monoisotopic (exact) mass is 475 g/mol. The van der Waals surface area contributed by atoms with Gasteiger partial charge in [0.2, 0.25) is 0 Å². The number of aryl methyl sites for hydroxylation is 1. The Labute approximate surface area is 175 Å². The number of carbonyl (C=O) groups excluding carboxylic acids is 1. The van der Waals surface area contributed by atoms with Gasteiger partial charge >= 0.3 is 0 Å². The second-order valence-electron chi connectivity index (χ2n) is 7.95. The van der Waals surface area contributed by atoms with Gasteiger partial charge in [0.25, 0.3) is 5.91 Å². The molecule has 142 valence electrons. The van der Waals surface area contributed by atoms with E-state index in [9.17, 15) is 4.79 Å². The SMILES string of the molecule is Cc1cc2c(cc1/C=N\NC(=O)c1cccc(I)c1)[C@H](C)CC(C)(C)N2C. The van der Waals surface area contributed by atoms with Crippen LogP contribution in [0.2, 0.25) is 0 Å². The zero-order chi connectivity index (χ0) is 19.8. The Hall–Kier alpha value is -1.89. The number of fused-ring (bicyclic) bond motifs is 1. The molecule has 0 aromatic heterocycles. The summed E-state index contributed by atoms with van der Waals surface area (Å²) in [4.78, 5) is 14.6. The third-order valence-corrected chi connectivity index (χ3v) is 6.15. The van der Waals surface area contributed by atoms with Crippen LogP contribution in [0.4, 0.5) is 5.69 Å². The zero-order valence-electron chi connectivity index (χ0n) is 16.5. The molecule has 0 aliphatic carbocycles. The minimum absolute atomic E-state index is 0.148. The van der Waals surface area contributed by atoms with Crippen molar-refractivity contribution in [1.29, 1.82) is 0 Å². The van der Waals surface area contributed by atoms with Gasteiger partial charge in [-0.25, -0.2) is 5.43 Å². The van der Waals surface area contributed by atoms with Crippen molar-refractivity contribution in [3.63, 3.8) is 0 Å². The van der Waals surface area contributed by atoms with Crippen molar-refractivity contribution in [2.24, 2.45) is 5.10 Å². The first-order valence-corrected chi connectivity index (χ1v) is 10.2. The highest BCUT2D eigenvalue weighted by molar-refractivity contribution is 14.1. The molecule has 2 aromatic carbocycles. The number of nitrogens with one attached hydrogen (secondary N) is 1. The Bertz CT molecular complexity index is 904. The van der Waals surface area contributed by atoms with Crippen LogP contribution in [0, 0.1) is 10.5 Å². The zero-order valence-corrected chi connectivity index (χ0v) is 18.7. The summed E-state index contributed by atoms with van der Waals surface area (Å²) in [5.74, 6) is 0.287. The number of carbonyl (C=O) groups is 1. The van der Waals surface area contributed by atoms with Crippen LogP contribution in [0.15, 0.2) is 41.5 Å². The van der Waals surface area contributed by atoms with E-state index < -0.39 is 0 Å². The first-order chi connectivity index (χ1) is 12.7. The molecule has 0 unspecified atom stereocenters. The Balaban J connectivity index is 1.81. The van der Waals surface area contributed by atoms with Crippen molar-refractivity contribution >= 4 is 40.4 Å². The number of hydrogen-bond acceptors (Lipinski definition) is 3. The van der Waals surface area contributed by atoms with Gasteiger partial charge in [-0.15, -0.1) is 0 Å². The fraction of sp³-hybridized carbons (Fsp3) is 0.364. The molecule has 0 saturated carbocycles. The molecule has 1 heterocycles. The molecule has 3 rings (SSSR count). The average molecular weight is 475 g/mol. The molecule has 4 nitrogen and oxygen atoms in total. The molecule has 1 aliphatic rings. The number of nitrogens with zero attached hydrogens (tertiary/aromatic N) is 2. The van der Waals surface area contributed by atoms with Crippen molar-refractivity contribution < 1.29 is 4.79 Å². The quantitative estimate of drug-likeness (QED) is 0.382. The maximum Gasteiger partial charge on any atom is 0.271 e. The van der Waals surface area contributed by atoms with Crippen LogP contribution in [-0.2, 0) is 0 Å². The molecule has 0 saturated heterocycles. The lowest BCUT2D eigenvalue weighted by atomic mass is 9.79. The Morgan fingerprint density at radius 3 is 2.78 bits per heavy atom. The topological polar surface area (TPSA) is 44.7 Å². The fourth-order valence-corrected chi connectivity index (χ4v) is 4.27. The van der Waals surface area contributed by atoms with E-state index in [0.29, 0.717) is 11.5 Å². The number of benzene rings is 2. The molecule has 1 N–H and O–H groups in total. The lowest BCUT2D eigenvalue weighted by molar-refractivity contribution is 0.0955. The summed E-state index contributed by atoms with van der Waals surface area (Å²) in [6.45, 7) is 8.95. The van der Waals surface area contributed by atoms with Crippen molar-refractivity contribution in [2.45, 2.75) is 45.6 Å². The van der Waals surface area contributed by atoms with Crippen LogP contribution in [0.1, 0.15) is 60.2 Å². The van der Waals surface area contributed by atoms with E-state index in [2.05, 4.69) is 84.9 Å². The van der Waals surface area contributed by atoms with Crippen LogP contribution >= 0.6 is 22.6 Å². The van der Waals surface area contributed by atoms with Gasteiger partial charge < -0.3 is 4.90 Å². The van der Waals surface area contributed by atoms with E-state index in [4.69, 9.17) is 0 Å². The Morgan fingerprint density at radius 2 is 2.07 bits per heavy atom. The molecule has 27 heavy (non-hydrogen) atoms. The van der Waals surface area contributed by atoms with Crippen LogP contribution in [-0.4, -0.2) is 24.7 Å². The van der Waals surface area contributed by atoms with E-state index >= 15 is 0 Å². The van der Waals surface area contributed by atoms with Crippen molar-refractivity contribution in [3.8, 4) is 0 Å². The van der Waals surface area contributed by atoms with Gasteiger partial charge in [0, 0.05) is 27.4 Å². The summed E-state index contributed by atoms with van der Waals surface area (Å²) in [7, 11) is 2.17. The number of hydrazone groups is 1. The van der Waals surface area contributed by atoms with Gasteiger partial charge in [-0.1, -0.05) is 13.0 Å². The smallest absolute Gasteiger partial charge is 0.271 e. The molecule has 1 aliphatic heterocycles. The number of hydrogen-bond donors (Lipinski definition) is 1. The molecule has 0 bridgehead atoms. The van der Waals surface area contributed by atoms with Crippen molar-refractivity contribution in [3.05, 3.63) is 62.2 Å². The molecular weight excluding hydrogens is 449 g/mol. The Kier molecular flexibility index (Phi) is 5.60. The van der Waals surface area contributed by atoms with Gasteiger partial charge in [-0.2, -0.15) is 5.10 Å². The standard InChI is InChI=1S/C22H26IN3O/c1-14-9-20-19(15(2)12-22(3,4)26(20)5)11-17(14)13-24-25-21(27)16-7-6-8-18(23)10-16/h6-11,13,15H,12H2,1-5H3,(H,25,27)/b24-13-/t15-/m1/s1. The summed E-state index contributed by atoms with van der Waals surface area (Å²) in [5.41, 5.74) is 8.21. The maximum absolute atomic E-state index is 12.2. The summed E-state index contributed by atoms with van der Waals surface area (Å²) in [6, 6.07) is 11.9. The molecule has 1 amide bonds. The third kappa shape index (κ3) is 4.18. The highest BCUT2D eigenvalue weighted by Gasteiger charge is 2.34. The van der Waals surface area contributed by atoms with Gasteiger partial charge in [0.15, 0.2) is 0 Å². The number of rotatable bonds is 3. The predicted molar refractivity (Wildman–Crippen MR) is 121 cm³/mol.